The lowest BCUT2D eigenvalue weighted by Gasteiger charge is -2.17. The number of para-hydroxylation sites is 1. The van der Waals surface area contributed by atoms with Crippen LogP contribution in [0.5, 0.6) is 0 Å². The highest BCUT2D eigenvalue weighted by Crippen LogP contribution is 2.38. The molecule has 5 heteroatoms. The highest BCUT2D eigenvalue weighted by Gasteiger charge is 2.29. The van der Waals surface area contributed by atoms with Crippen LogP contribution in [-0.4, -0.2) is 21.9 Å². The van der Waals surface area contributed by atoms with Crippen molar-refractivity contribution in [1.29, 1.82) is 0 Å². The number of carbonyl (C=O) groups is 1. The van der Waals surface area contributed by atoms with Crippen LogP contribution in [0.1, 0.15) is 29.5 Å². The van der Waals surface area contributed by atoms with Gasteiger partial charge in [0.05, 0.1) is 5.52 Å². The van der Waals surface area contributed by atoms with E-state index in [1.807, 2.05) is 61.5 Å². The predicted molar refractivity (Wildman–Crippen MR) is 100 cm³/mol. The third-order valence-electron chi connectivity index (χ3n) is 4.17. The summed E-state index contributed by atoms with van der Waals surface area (Å²) in [4.78, 5) is 22.0. The first-order valence-corrected chi connectivity index (χ1v) is 9.34. The molecule has 0 saturated heterocycles. The summed E-state index contributed by atoms with van der Waals surface area (Å²) in [6, 6.07) is 18.2. The number of benzene rings is 2. The molecule has 1 saturated carbocycles. The Balaban J connectivity index is 1.72. The molecule has 1 aromatic heterocycles. The quantitative estimate of drug-likeness (QED) is 0.558. The molecule has 25 heavy (non-hydrogen) atoms. The van der Waals surface area contributed by atoms with Gasteiger partial charge >= 0.3 is 0 Å². The van der Waals surface area contributed by atoms with Gasteiger partial charge in [-0.25, -0.2) is 9.97 Å². The van der Waals surface area contributed by atoms with E-state index in [1.165, 1.54) is 11.8 Å². The van der Waals surface area contributed by atoms with Gasteiger partial charge in [-0.05, 0) is 31.4 Å². The zero-order chi connectivity index (χ0) is 17.2. The molecule has 2 aromatic carbocycles. The molecular weight excluding hydrogens is 330 g/mol. The van der Waals surface area contributed by atoms with Crippen LogP contribution in [0.2, 0.25) is 0 Å². The first-order chi connectivity index (χ1) is 12.2. The Morgan fingerprint density at radius 2 is 1.80 bits per heavy atom. The van der Waals surface area contributed by atoms with Gasteiger partial charge in [-0.3, -0.25) is 4.79 Å². The van der Waals surface area contributed by atoms with Crippen molar-refractivity contribution in [2.75, 3.05) is 0 Å². The van der Waals surface area contributed by atoms with Gasteiger partial charge in [-0.1, -0.05) is 60.3 Å². The van der Waals surface area contributed by atoms with Gasteiger partial charge in [-0.2, -0.15) is 0 Å². The van der Waals surface area contributed by atoms with Crippen LogP contribution in [0.15, 0.2) is 59.6 Å². The number of fused-ring (bicyclic) bond motifs is 1. The first kappa shape index (κ1) is 16.1. The van der Waals surface area contributed by atoms with E-state index in [0.717, 1.165) is 40.2 Å². The van der Waals surface area contributed by atoms with Crippen LogP contribution in [0.25, 0.3) is 10.9 Å². The Kier molecular flexibility index (Phi) is 4.40. The molecule has 0 aliphatic heterocycles. The number of hydrogen-bond acceptors (Lipinski definition) is 4. The lowest BCUT2D eigenvalue weighted by atomic mass is 10.1. The van der Waals surface area contributed by atoms with Crippen LogP contribution >= 0.6 is 11.8 Å². The summed E-state index contributed by atoms with van der Waals surface area (Å²) in [5, 5.41) is 4.65. The molecule has 1 aliphatic rings. The van der Waals surface area contributed by atoms with Crippen molar-refractivity contribution in [3.05, 3.63) is 66.0 Å². The van der Waals surface area contributed by atoms with E-state index in [9.17, 15) is 4.79 Å². The summed E-state index contributed by atoms with van der Waals surface area (Å²) >= 11 is 1.50. The van der Waals surface area contributed by atoms with Gasteiger partial charge in [0.1, 0.15) is 16.1 Å². The predicted octanol–water partition coefficient (Wildman–Crippen LogP) is 4.05. The molecule has 4 rings (SSSR count). The average molecular weight is 349 g/mol. The second kappa shape index (κ2) is 6.84. The van der Waals surface area contributed by atoms with E-state index in [2.05, 4.69) is 15.3 Å². The fraction of sp³-hybridized carbons (Fsp3) is 0.250. The second-order valence-electron chi connectivity index (χ2n) is 6.28. The molecular formula is C20H19N3OS. The maximum atomic E-state index is 12.8. The summed E-state index contributed by atoms with van der Waals surface area (Å²) in [5.41, 5.74) is 1.90. The van der Waals surface area contributed by atoms with E-state index < -0.39 is 0 Å². The number of amides is 1. The molecule has 1 amide bonds. The number of aromatic nitrogens is 2. The Labute approximate surface area is 151 Å². The standard InChI is InChI=1S/C20H19N3OS/c1-13-21-17-10-6-5-9-16(17)20(22-13)25-18(14-7-3-2-4-8-14)19(24)23-15-11-12-15/h2-10,15,18H,11-12H2,1H3,(H,23,24). The average Bonchev–Trinajstić information content (AvgIpc) is 3.44. The van der Waals surface area contributed by atoms with Gasteiger partial charge in [0.2, 0.25) is 5.91 Å². The number of carbonyl (C=O) groups excluding carboxylic acids is 1. The van der Waals surface area contributed by atoms with E-state index in [1.54, 1.807) is 0 Å². The van der Waals surface area contributed by atoms with E-state index >= 15 is 0 Å². The first-order valence-electron chi connectivity index (χ1n) is 8.46. The van der Waals surface area contributed by atoms with Gasteiger partial charge in [0.15, 0.2) is 0 Å². The van der Waals surface area contributed by atoms with E-state index in [-0.39, 0.29) is 11.2 Å². The maximum absolute atomic E-state index is 12.8. The largest absolute Gasteiger partial charge is 0.352 e. The van der Waals surface area contributed by atoms with Gasteiger partial charge in [0, 0.05) is 11.4 Å². The van der Waals surface area contributed by atoms with Crippen LogP contribution in [-0.2, 0) is 4.79 Å². The van der Waals surface area contributed by atoms with E-state index in [0.29, 0.717) is 6.04 Å². The molecule has 1 unspecified atom stereocenters. The van der Waals surface area contributed by atoms with Crippen molar-refractivity contribution >= 4 is 28.6 Å². The molecule has 3 aromatic rings. The second-order valence-corrected chi connectivity index (χ2v) is 7.38. The molecule has 1 heterocycles. The monoisotopic (exact) mass is 349 g/mol. The summed E-state index contributed by atoms with van der Waals surface area (Å²) < 4.78 is 0. The van der Waals surface area contributed by atoms with Gasteiger partial charge < -0.3 is 5.32 Å². The number of rotatable bonds is 5. The fourth-order valence-corrected chi connectivity index (χ4v) is 3.94. The lowest BCUT2D eigenvalue weighted by Crippen LogP contribution is -2.29. The van der Waals surface area contributed by atoms with Crippen molar-refractivity contribution in [2.24, 2.45) is 0 Å². The highest BCUT2D eigenvalue weighted by atomic mass is 32.2. The summed E-state index contributed by atoms with van der Waals surface area (Å²) in [6.07, 6.45) is 2.15. The number of thioether (sulfide) groups is 1. The Morgan fingerprint density at radius 3 is 2.56 bits per heavy atom. The van der Waals surface area contributed by atoms with E-state index in [4.69, 9.17) is 0 Å². The minimum atomic E-state index is -0.320. The normalized spacial score (nSPS) is 15.1. The number of nitrogens with zero attached hydrogens (tertiary/aromatic N) is 2. The molecule has 1 atom stereocenters. The Hall–Kier alpha value is -2.40. The van der Waals surface area contributed by atoms with Crippen molar-refractivity contribution in [1.82, 2.24) is 15.3 Å². The number of nitrogens with one attached hydrogen (secondary N) is 1. The third kappa shape index (κ3) is 3.66. The lowest BCUT2D eigenvalue weighted by molar-refractivity contribution is -0.120. The smallest absolute Gasteiger partial charge is 0.238 e. The summed E-state index contributed by atoms with van der Waals surface area (Å²) in [5.74, 6) is 0.773. The third-order valence-corrected chi connectivity index (χ3v) is 5.43. The summed E-state index contributed by atoms with van der Waals surface area (Å²) in [7, 11) is 0. The summed E-state index contributed by atoms with van der Waals surface area (Å²) in [6.45, 7) is 1.89. The number of hydrogen-bond donors (Lipinski definition) is 1. The van der Waals surface area contributed by atoms with Crippen molar-refractivity contribution in [3.63, 3.8) is 0 Å². The Morgan fingerprint density at radius 1 is 1.08 bits per heavy atom. The molecule has 0 radical (unpaired) electrons. The topological polar surface area (TPSA) is 54.9 Å². The molecule has 0 spiro atoms. The zero-order valence-corrected chi connectivity index (χ0v) is 14.8. The molecule has 126 valence electrons. The van der Waals surface area contributed by atoms with Crippen LogP contribution in [0.3, 0.4) is 0 Å². The highest BCUT2D eigenvalue weighted by molar-refractivity contribution is 8.00. The van der Waals surface area contributed by atoms with Crippen molar-refractivity contribution in [3.8, 4) is 0 Å². The molecule has 1 N–H and O–H groups in total. The zero-order valence-electron chi connectivity index (χ0n) is 14.0. The van der Waals surface area contributed by atoms with Crippen LogP contribution in [0.4, 0.5) is 0 Å². The van der Waals surface area contributed by atoms with Crippen LogP contribution < -0.4 is 5.32 Å². The van der Waals surface area contributed by atoms with Crippen LogP contribution in [0, 0.1) is 6.92 Å². The molecule has 1 aliphatic carbocycles. The fourth-order valence-electron chi connectivity index (χ4n) is 2.77. The van der Waals surface area contributed by atoms with Gasteiger partial charge in [-0.15, -0.1) is 0 Å². The minimum absolute atomic E-state index is 0.0547. The number of aryl methyl sites for hydroxylation is 1. The minimum Gasteiger partial charge on any atom is -0.352 e. The SMILES string of the molecule is Cc1nc(SC(C(=O)NC2CC2)c2ccccc2)c2ccccc2n1. The molecule has 1 fully saturated rings. The van der Waals surface area contributed by atoms with Crippen molar-refractivity contribution < 1.29 is 4.79 Å². The molecule has 0 bridgehead atoms. The van der Waals surface area contributed by atoms with Gasteiger partial charge in [0.25, 0.3) is 0 Å². The molecule has 4 nitrogen and oxygen atoms in total. The maximum Gasteiger partial charge on any atom is 0.238 e. The Bertz CT molecular complexity index is 909. The van der Waals surface area contributed by atoms with Crippen molar-refractivity contribution in [2.45, 2.75) is 36.1 Å².